The highest BCUT2D eigenvalue weighted by atomic mass is 32.1. The van der Waals surface area contributed by atoms with Crippen LogP contribution in [0.4, 0.5) is 0 Å². The summed E-state index contributed by atoms with van der Waals surface area (Å²) in [6.07, 6.45) is 2.78. The van der Waals surface area contributed by atoms with E-state index in [1.54, 1.807) is 19.3 Å². The van der Waals surface area contributed by atoms with E-state index >= 15 is 0 Å². The predicted molar refractivity (Wildman–Crippen MR) is 48.1 cm³/mol. The minimum absolute atomic E-state index is 0.474. The van der Waals surface area contributed by atoms with Crippen LogP contribution < -0.4 is 0 Å². The molecule has 2 aromatic heterocycles. The monoisotopic (exact) mass is 196 g/mol. The molecule has 1 atom stereocenters. The van der Waals surface area contributed by atoms with E-state index in [-0.39, 0.29) is 0 Å². The number of hydrogen-bond donors (Lipinski definition) is 2. The lowest BCUT2D eigenvalue weighted by Crippen LogP contribution is -1.83. The first-order valence-electron chi connectivity index (χ1n) is 3.77. The Hall–Kier alpha value is -1.27. The van der Waals surface area contributed by atoms with Gasteiger partial charge in [0.25, 0.3) is 0 Å². The Balaban J connectivity index is 2.33. The van der Waals surface area contributed by atoms with E-state index in [1.807, 2.05) is 0 Å². The van der Waals surface area contributed by atoms with Crippen LogP contribution in [0.5, 0.6) is 0 Å². The van der Waals surface area contributed by atoms with E-state index in [0.717, 1.165) is 9.88 Å². The molecule has 0 aromatic carbocycles. The first kappa shape index (κ1) is 8.33. The average Bonchev–Trinajstić information content (AvgIpc) is 2.75. The second-order valence-electron chi connectivity index (χ2n) is 2.60. The number of H-pyrrole nitrogens is 1. The maximum atomic E-state index is 9.26. The molecule has 0 fully saturated rings. The minimum atomic E-state index is -0.474. The molecule has 68 valence electrons. The SMILES string of the molecule is CC(O)c1cnc(-c2cn[nH]n2)s1. The summed E-state index contributed by atoms with van der Waals surface area (Å²) in [5.74, 6) is 0. The van der Waals surface area contributed by atoms with Crippen molar-refractivity contribution in [3.8, 4) is 10.7 Å². The van der Waals surface area contributed by atoms with Crippen molar-refractivity contribution in [3.63, 3.8) is 0 Å². The van der Waals surface area contributed by atoms with Gasteiger partial charge in [-0.05, 0) is 6.92 Å². The average molecular weight is 196 g/mol. The Morgan fingerprint density at radius 2 is 2.38 bits per heavy atom. The summed E-state index contributed by atoms with van der Waals surface area (Å²) in [6, 6.07) is 0. The van der Waals surface area contributed by atoms with Gasteiger partial charge in [-0.1, -0.05) is 0 Å². The molecular formula is C7H8N4OS. The molecule has 0 bridgehead atoms. The number of rotatable bonds is 2. The Morgan fingerprint density at radius 1 is 1.54 bits per heavy atom. The van der Waals surface area contributed by atoms with Crippen LogP contribution in [0.15, 0.2) is 12.4 Å². The van der Waals surface area contributed by atoms with Crippen molar-refractivity contribution in [3.05, 3.63) is 17.3 Å². The number of aliphatic hydroxyl groups excluding tert-OH is 1. The first-order chi connectivity index (χ1) is 6.27. The molecule has 6 heteroatoms. The number of nitrogens with zero attached hydrogens (tertiary/aromatic N) is 3. The molecule has 0 saturated heterocycles. The van der Waals surface area contributed by atoms with E-state index < -0.39 is 6.10 Å². The summed E-state index contributed by atoms with van der Waals surface area (Å²) in [4.78, 5) is 4.95. The van der Waals surface area contributed by atoms with E-state index in [0.29, 0.717) is 5.69 Å². The van der Waals surface area contributed by atoms with Crippen LogP contribution in [-0.4, -0.2) is 25.5 Å². The number of nitrogens with one attached hydrogen (secondary N) is 1. The van der Waals surface area contributed by atoms with Gasteiger partial charge >= 0.3 is 0 Å². The number of aliphatic hydroxyl groups is 1. The molecule has 0 amide bonds. The summed E-state index contributed by atoms with van der Waals surface area (Å²) in [7, 11) is 0. The van der Waals surface area contributed by atoms with Gasteiger partial charge in [-0.25, -0.2) is 4.98 Å². The van der Waals surface area contributed by atoms with Gasteiger partial charge in [0.05, 0.1) is 17.2 Å². The van der Waals surface area contributed by atoms with Crippen molar-refractivity contribution in [2.75, 3.05) is 0 Å². The lowest BCUT2D eigenvalue weighted by molar-refractivity contribution is 0.203. The van der Waals surface area contributed by atoms with Gasteiger partial charge in [-0.2, -0.15) is 15.4 Å². The van der Waals surface area contributed by atoms with Crippen LogP contribution in [0.3, 0.4) is 0 Å². The quantitative estimate of drug-likeness (QED) is 0.750. The molecule has 2 heterocycles. The fourth-order valence-electron chi connectivity index (χ4n) is 0.903. The van der Waals surface area contributed by atoms with Gasteiger partial charge in [0.15, 0.2) is 0 Å². The van der Waals surface area contributed by atoms with Gasteiger partial charge < -0.3 is 5.11 Å². The smallest absolute Gasteiger partial charge is 0.145 e. The summed E-state index contributed by atoms with van der Waals surface area (Å²) in [5.41, 5.74) is 0.705. The summed E-state index contributed by atoms with van der Waals surface area (Å²) in [6.45, 7) is 1.71. The number of aromatic nitrogens is 4. The fourth-order valence-corrected chi connectivity index (χ4v) is 1.71. The minimum Gasteiger partial charge on any atom is -0.388 e. The number of thiazole rings is 1. The highest BCUT2D eigenvalue weighted by molar-refractivity contribution is 7.15. The molecule has 0 saturated carbocycles. The van der Waals surface area contributed by atoms with Gasteiger partial charge in [-0.15, -0.1) is 11.3 Å². The highest BCUT2D eigenvalue weighted by Crippen LogP contribution is 2.26. The molecule has 5 nitrogen and oxygen atoms in total. The van der Waals surface area contributed by atoms with Crippen molar-refractivity contribution < 1.29 is 5.11 Å². The second kappa shape index (κ2) is 3.23. The van der Waals surface area contributed by atoms with Crippen molar-refractivity contribution in [2.45, 2.75) is 13.0 Å². The number of aromatic amines is 1. The normalized spacial score (nSPS) is 13.1. The molecule has 0 aliphatic rings. The summed E-state index contributed by atoms with van der Waals surface area (Å²) >= 11 is 1.42. The molecule has 0 radical (unpaired) electrons. The van der Waals surface area contributed by atoms with E-state index in [4.69, 9.17) is 0 Å². The van der Waals surface area contributed by atoms with Gasteiger partial charge in [-0.3, -0.25) is 0 Å². The largest absolute Gasteiger partial charge is 0.388 e. The van der Waals surface area contributed by atoms with Gasteiger partial charge in [0.1, 0.15) is 10.7 Å². The van der Waals surface area contributed by atoms with Gasteiger partial charge in [0, 0.05) is 6.20 Å². The summed E-state index contributed by atoms with van der Waals surface area (Å²) < 4.78 is 0. The van der Waals surface area contributed by atoms with E-state index in [1.165, 1.54) is 11.3 Å². The summed E-state index contributed by atoms with van der Waals surface area (Å²) in [5, 5.41) is 20.1. The van der Waals surface area contributed by atoms with Crippen LogP contribution >= 0.6 is 11.3 Å². The molecule has 2 aromatic rings. The van der Waals surface area contributed by atoms with Crippen molar-refractivity contribution in [2.24, 2.45) is 0 Å². The predicted octanol–water partition coefficient (Wildman–Crippen LogP) is 0.981. The molecule has 0 spiro atoms. The lowest BCUT2D eigenvalue weighted by atomic mass is 10.4. The van der Waals surface area contributed by atoms with E-state index in [2.05, 4.69) is 20.4 Å². The van der Waals surface area contributed by atoms with Crippen LogP contribution in [0.2, 0.25) is 0 Å². The van der Waals surface area contributed by atoms with Crippen LogP contribution in [0, 0.1) is 0 Å². The first-order valence-corrected chi connectivity index (χ1v) is 4.59. The van der Waals surface area contributed by atoms with Crippen molar-refractivity contribution in [1.82, 2.24) is 20.4 Å². The van der Waals surface area contributed by atoms with Crippen molar-refractivity contribution in [1.29, 1.82) is 0 Å². The maximum Gasteiger partial charge on any atom is 0.145 e. The Morgan fingerprint density at radius 3 is 2.92 bits per heavy atom. The molecule has 2 rings (SSSR count). The highest BCUT2D eigenvalue weighted by Gasteiger charge is 2.09. The van der Waals surface area contributed by atoms with Gasteiger partial charge in [0.2, 0.25) is 0 Å². The number of hydrogen-bond acceptors (Lipinski definition) is 5. The molecule has 2 N–H and O–H groups in total. The molecule has 13 heavy (non-hydrogen) atoms. The molecular weight excluding hydrogens is 188 g/mol. The molecule has 1 unspecified atom stereocenters. The molecule has 0 aliphatic heterocycles. The van der Waals surface area contributed by atoms with Crippen LogP contribution in [-0.2, 0) is 0 Å². The Bertz CT molecular complexity index is 381. The third kappa shape index (κ3) is 1.58. The standard InChI is InChI=1S/C7H8N4OS/c1-4(12)6-3-8-7(13-6)5-2-9-11-10-5/h2-4,12H,1H3,(H,9,10,11). The lowest BCUT2D eigenvalue weighted by Gasteiger charge is -1.94. The third-order valence-electron chi connectivity index (χ3n) is 1.57. The topological polar surface area (TPSA) is 74.7 Å². The fraction of sp³-hybridized carbons (Fsp3) is 0.286. The van der Waals surface area contributed by atoms with E-state index in [9.17, 15) is 5.11 Å². The zero-order valence-corrected chi connectivity index (χ0v) is 7.75. The zero-order chi connectivity index (χ0) is 9.26. The molecule has 0 aliphatic carbocycles. The second-order valence-corrected chi connectivity index (χ2v) is 3.66. The Labute approximate surface area is 78.5 Å². The maximum absolute atomic E-state index is 9.26. The zero-order valence-electron chi connectivity index (χ0n) is 6.93. The Kier molecular flexibility index (Phi) is 2.07. The third-order valence-corrected chi connectivity index (χ3v) is 2.76. The van der Waals surface area contributed by atoms with Crippen LogP contribution in [0.1, 0.15) is 17.9 Å². The van der Waals surface area contributed by atoms with Crippen LogP contribution in [0.25, 0.3) is 10.7 Å². The van der Waals surface area contributed by atoms with Crippen molar-refractivity contribution >= 4 is 11.3 Å².